The Morgan fingerprint density at radius 3 is 2.50 bits per heavy atom. The maximum absolute atomic E-state index is 11.7. The van der Waals surface area contributed by atoms with Gasteiger partial charge in [-0.25, -0.2) is 8.42 Å². The third-order valence-corrected chi connectivity index (χ3v) is 6.46. The van der Waals surface area contributed by atoms with Crippen molar-refractivity contribution in [2.75, 3.05) is 19.5 Å². The molecule has 0 saturated heterocycles. The van der Waals surface area contributed by atoms with Crippen molar-refractivity contribution in [1.82, 2.24) is 10.2 Å². The summed E-state index contributed by atoms with van der Waals surface area (Å²) in [7, 11) is -3.25. The van der Waals surface area contributed by atoms with Gasteiger partial charge in [-0.1, -0.05) is 31.4 Å². The lowest BCUT2D eigenvalue weighted by Gasteiger charge is -2.23. The van der Waals surface area contributed by atoms with Gasteiger partial charge < -0.3 is 9.57 Å². The summed E-state index contributed by atoms with van der Waals surface area (Å²) in [5.74, 6) is 0.374. The molecule has 0 atom stereocenters. The van der Waals surface area contributed by atoms with Crippen LogP contribution in [0.15, 0.2) is 29.2 Å². The third kappa shape index (κ3) is 5.79. The SMILES string of the molecule is CS(=O)(=O)c1ccc(-c2n[nH]c(COCCCO[N+](=O)[O-])c2C2CCCCC2)cc1. The lowest BCUT2D eigenvalue weighted by molar-refractivity contribution is -0.757. The predicted octanol–water partition coefficient (Wildman–Crippen LogP) is 3.64. The molecule has 1 N–H and O–H groups in total. The van der Waals surface area contributed by atoms with Crippen molar-refractivity contribution in [1.29, 1.82) is 0 Å². The molecule has 1 saturated carbocycles. The largest absolute Gasteiger partial charge is 0.375 e. The van der Waals surface area contributed by atoms with Gasteiger partial charge in [-0.15, -0.1) is 10.1 Å². The number of rotatable bonds is 10. The number of aromatic amines is 1. The fraction of sp³-hybridized carbons (Fsp3) is 0.550. The molecule has 0 aliphatic heterocycles. The standard InChI is InChI=1S/C20H27N3O6S/c1-30(26,27)17-10-8-16(9-11-17)20-19(15-6-3-2-4-7-15)18(21-22-20)14-28-12-5-13-29-23(24)25/h8-11,15H,2-7,12-14H2,1H3,(H,21,22). The summed E-state index contributed by atoms with van der Waals surface area (Å²) in [5, 5.41) is 17.0. The summed E-state index contributed by atoms with van der Waals surface area (Å²) in [6.07, 6.45) is 7.34. The summed E-state index contributed by atoms with van der Waals surface area (Å²) in [5.41, 5.74) is 3.73. The highest BCUT2D eigenvalue weighted by Crippen LogP contribution is 2.39. The first-order valence-corrected chi connectivity index (χ1v) is 12.0. The van der Waals surface area contributed by atoms with Gasteiger partial charge in [0.1, 0.15) is 0 Å². The van der Waals surface area contributed by atoms with Crippen molar-refractivity contribution >= 4 is 9.84 Å². The molecule has 1 aliphatic carbocycles. The van der Waals surface area contributed by atoms with Gasteiger partial charge in [0.15, 0.2) is 9.84 Å². The van der Waals surface area contributed by atoms with Gasteiger partial charge in [0, 0.05) is 24.0 Å². The minimum absolute atomic E-state index is 0.00337. The number of aromatic nitrogens is 2. The molecule has 0 radical (unpaired) electrons. The summed E-state index contributed by atoms with van der Waals surface area (Å²) in [6.45, 7) is 0.678. The Balaban J connectivity index is 1.77. The Hall–Kier alpha value is -2.46. The van der Waals surface area contributed by atoms with Crippen LogP contribution >= 0.6 is 0 Å². The van der Waals surface area contributed by atoms with Crippen LogP contribution in [0.5, 0.6) is 0 Å². The summed E-state index contributed by atoms with van der Waals surface area (Å²) < 4.78 is 29.2. The van der Waals surface area contributed by atoms with Crippen LogP contribution in [0.4, 0.5) is 0 Å². The quantitative estimate of drug-likeness (QED) is 0.342. The van der Waals surface area contributed by atoms with Crippen LogP contribution in [0.25, 0.3) is 11.3 Å². The van der Waals surface area contributed by atoms with E-state index in [1.54, 1.807) is 24.3 Å². The lowest BCUT2D eigenvalue weighted by Crippen LogP contribution is -2.09. The Kier molecular flexibility index (Phi) is 7.43. The number of hydrogen-bond donors (Lipinski definition) is 1. The van der Waals surface area contributed by atoms with Crippen LogP contribution in [-0.2, 0) is 26.0 Å². The molecular formula is C20H27N3O6S. The van der Waals surface area contributed by atoms with E-state index in [0.29, 0.717) is 25.6 Å². The van der Waals surface area contributed by atoms with E-state index >= 15 is 0 Å². The molecule has 1 aromatic heterocycles. The third-order valence-electron chi connectivity index (χ3n) is 5.33. The molecule has 30 heavy (non-hydrogen) atoms. The van der Waals surface area contributed by atoms with Crippen molar-refractivity contribution in [3.8, 4) is 11.3 Å². The number of ether oxygens (including phenoxy) is 1. The summed E-state index contributed by atoms with van der Waals surface area (Å²) >= 11 is 0. The highest BCUT2D eigenvalue weighted by Gasteiger charge is 2.25. The van der Waals surface area contributed by atoms with Gasteiger partial charge in [-0.2, -0.15) is 5.10 Å². The number of sulfone groups is 1. The minimum atomic E-state index is -3.25. The summed E-state index contributed by atoms with van der Waals surface area (Å²) in [6, 6.07) is 6.79. The van der Waals surface area contributed by atoms with Gasteiger partial charge in [-0.3, -0.25) is 5.10 Å². The van der Waals surface area contributed by atoms with Gasteiger partial charge in [0.05, 0.1) is 29.5 Å². The average molecular weight is 438 g/mol. The highest BCUT2D eigenvalue weighted by atomic mass is 32.2. The Bertz CT molecular complexity index is 949. The number of benzene rings is 1. The molecule has 0 unspecified atom stereocenters. The molecule has 10 heteroatoms. The predicted molar refractivity (Wildman–Crippen MR) is 110 cm³/mol. The second kappa shape index (κ2) is 10.0. The van der Waals surface area contributed by atoms with Crippen LogP contribution < -0.4 is 0 Å². The Morgan fingerprint density at radius 1 is 1.17 bits per heavy atom. The van der Waals surface area contributed by atoms with Gasteiger partial charge in [0.2, 0.25) is 0 Å². The number of H-pyrrole nitrogens is 1. The van der Waals surface area contributed by atoms with Crippen molar-refractivity contribution in [2.45, 2.75) is 55.9 Å². The fourth-order valence-electron chi connectivity index (χ4n) is 3.88. The van der Waals surface area contributed by atoms with E-state index in [1.165, 1.54) is 25.5 Å². The lowest BCUT2D eigenvalue weighted by atomic mass is 9.82. The topological polar surface area (TPSA) is 124 Å². The monoisotopic (exact) mass is 437 g/mol. The van der Waals surface area contributed by atoms with Crippen LogP contribution in [0.2, 0.25) is 0 Å². The Labute approximate surface area is 175 Å². The van der Waals surface area contributed by atoms with Gasteiger partial charge in [0.25, 0.3) is 5.09 Å². The summed E-state index contributed by atoms with van der Waals surface area (Å²) in [4.78, 5) is 14.7. The number of nitrogens with one attached hydrogen (secondary N) is 1. The van der Waals surface area contributed by atoms with Gasteiger partial charge >= 0.3 is 0 Å². The maximum Gasteiger partial charge on any atom is 0.294 e. The van der Waals surface area contributed by atoms with Crippen molar-refractivity contribution in [3.63, 3.8) is 0 Å². The second-order valence-electron chi connectivity index (χ2n) is 7.56. The van der Waals surface area contributed by atoms with Crippen LogP contribution in [-0.4, -0.2) is 43.2 Å². The zero-order valence-corrected chi connectivity index (χ0v) is 17.8. The number of hydrogen-bond acceptors (Lipinski definition) is 7. The van der Waals surface area contributed by atoms with E-state index in [-0.39, 0.29) is 11.5 Å². The molecule has 1 aromatic carbocycles. The second-order valence-corrected chi connectivity index (χ2v) is 9.57. The molecule has 0 amide bonds. The molecule has 1 fully saturated rings. The molecule has 0 spiro atoms. The zero-order chi connectivity index (χ0) is 21.6. The molecule has 164 valence electrons. The molecular weight excluding hydrogens is 410 g/mol. The first-order chi connectivity index (χ1) is 14.4. The maximum atomic E-state index is 11.7. The van der Waals surface area contributed by atoms with Crippen LogP contribution in [0.1, 0.15) is 55.7 Å². The molecule has 2 aromatic rings. The van der Waals surface area contributed by atoms with Crippen molar-refractivity contribution < 1.29 is 23.1 Å². The first kappa shape index (κ1) is 22.2. The molecule has 3 rings (SSSR count). The molecule has 0 bridgehead atoms. The van der Waals surface area contributed by atoms with E-state index in [9.17, 15) is 18.5 Å². The normalized spacial score (nSPS) is 15.2. The van der Waals surface area contributed by atoms with E-state index in [0.717, 1.165) is 35.4 Å². The molecule has 1 aliphatic rings. The van der Waals surface area contributed by atoms with E-state index in [1.807, 2.05) is 0 Å². The Morgan fingerprint density at radius 2 is 1.87 bits per heavy atom. The highest BCUT2D eigenvalue weighted by molar-refractivity contribution is 7.90. The molecule has 1 heterocycles. The van der Waals surface area contributed by atoms with Crippen molar-refractivity contribution in [2.24, 2.45) is 0 Å². The minimum Gasteiger partial charge on any atom is -0.375 e. The van der Waals surface area contributed by atoms with Crippen LogP contribution in [0.3, 0.4) is 0 Å². The van der Waals surface area contributed by atoms with Gasteiger partial charge in [-0.05, 0) is 37.3 Å². The first-order valence-electron chi connectivity index (χ1n) is 10.1. The van der Waals surface area contributed by atoms with Crippen LogP contribution in [0, 0.1) is 10.1 Å². The number of nitrogens with zero attached hydrogens (tertiary/aromatic N) is 2. The average Bonchev–Trinajstić information content (AvgIpc) is 3.14. The van der Waals surface area contributed by atoms with E-state index in [2.05, 4.69) is 15.0 Å². The smallest absolute Gasteiger partial charge is 0.294 e. The van der Waals surface area contributed by atoms with Crippen molar-refractivity contribution in [3.05, 3.63) is 45.6 Å². The zero-order valence-electron chi connectivity index (χ0n) is 17.0. The fourth-order valence-corrected chi connectivity index (χ4v) is 4.51. The van der Waals surface area contributed by atoms with E-state index < -0.39 is 14.9 Å². The molecule has 9 nitrogen and oxygen atoms in total. The van der Waals surface area contributed by atoms with E-state index in [4.69, 9.17) is 4.74 Å².